The van der Waals surface area contributed by atoms with Crippen LogP contribution in [0.1, 0.15) is 43.6 Å². The van der Waals surface area contributed by atoms with E-state index in [2.05, 4.69) is 0 Å². The summed E-state index contributed by atoms with van der Waals surface area (Å²) in [6.45, 7) is 0.192. The number of ether oxygens (including phenoxy) is 2. The third-order valence-electron chi connectivity index (χ3n) is 4.80. The van der Waals surface area contributed by atoms with Crippen molar-refractivity contribution in [1.29, 1.82) is 0 Å². The molecule has 2 fully saturated rings. The molecule has 1 aliphatic heterocycles. The van der Waals surface area contributed by atoms with E-state index in [0.29, 0.717) is 24.5 Å². The summed E-state index contributed by atoms with van der Waals surface area (Å²) in [7, 11) is 1.62. The van der Waals surface area contributed by atoms with Gasteiger partial charge in [-0.25, -0.2) is 0 Å². The van der Waals surface area contributed by atoms with Gasteiger partial charge >= 0.3 is 5.97 Å². The molecule has 1 N–H and O–H groups in total. The van der Waals surface area contributed by atoms with Crippen molar-refractivity contribution in [2.45, 2.75) is 44.1 Å². The number of benzene rings is 1. The molecule has 1 amide bonds. The number of aliphatic carboxylic acids is 1. The van der Waals surface area contributed by atoms with Gasteiger partial charge in [0.1, 0.15) is 6.54 Å². The summed E-state index contributed by atoms with van der Waals surface area (Å²) in [6.07, 6.45) is 5.05. The highest BCUT2D eigenvalue weighted by atomic mass is 16.5. The molecule has 1 saturated carbocycles. The summed E-state index contributed by atoms with van der Waals surface area (Å²) in [4.78, 5) is 24.2. The van der Waals surface area contributed by atoms with Crippen LogP contribution in [0.3, 0.4) is 0 Å². The Morgan fingerprint density at radius 1 is 1.29 bits per heavy atom. The van der Waals surface area contributed by atoms with Crippen LogP contribution in [-0.2, 0) is 9.59 Å². The van der Waals surface area contributed by atoms with Crippen molar-refractivity contribution in [2.75, 3.05) is 20.2 Å². The number of hydrogen-bond donors (Lipinski definition) is 1. The zero-order valence-electron chi connectivity index (χ0n) is 13.9. The third kappa shape index (κ3) is 3.63. The number of carbonyl (C=O) groups excluding carboxylic acids is 1. The highest BCUT2D eigenvalue weighted by Crippen LogP contribution is 2.36. The van der Waals surface area contributed by atoms with Gasteiger partial charge in [0.2, 0.25) is 5.91 Å². The lowest BCUT2D eigenvalue weighted by Crippen LogP contribution is -2.30. The summed E-state index contributed by atoms with van der Waals surface area (Å²) in [5, 5.41) is 8.89. The number of rotatable bonds is 6. The van der Waals surface area contributed by atoms with E-state index in [1.165, 1.54) is 17.7 Å². The second-order valence-corrected chi connectivity index (χ2v) is 6.50. The molecule has 0 bridgehead atoms. The summed E-state index contributed by atoms with van der Waals surface area (Å²) in [5.74, 6) is 0.303. The van der Waals surface area contributed by atoms with Gasteiger partial charge < -0.3 is 19.5 Å². The zero-order chi connectivity index (χ0) is 17.1. The number of hydrogen-bond acceptors (Lipinski definition) is 4. The van der Waals surface area contributed by atoms with Crippen LogP contribution in [0.2, 0.25) is 0 Å². The Kier molecular flexibility index (Phi) is 4.92. The first-order chi connectivity index (χ1) is 11.6. The lowest BCUT2D eigenvalue weighted by molar-refractivity contribution is -0.142. The maximum Gasteiger partial charge on any atom is 0.323 e. The Hall–Kier alpha value is -2.24. The number of carboxylic acids is 1. The molecule has 6 nitrogen and oxygen atoms in total. The minimum atomic E-state index is -0.982. The maximum absolute atomic E-state index is 12.0. The normalized spacial score (nSPS) is 21.3. The Morgan fingerprint density at radius 2 is 2.04 bits per heavy atom. The first-order valence-electron chi connectivity index (χ1n) is 8.41. The first-order valence-corrected chi connectivity index (χ1v) is 8.41. The van der Waals surface area contributed by atoms with Gasteiger partial charge in [-0.2, -0.15) is 0 Å². The summed E-state index contributed by atoms with van der Waals surface area (Å²) >= 11 is 0. The molecule has 0 unspecified atom stereocenters. The number of nitrogens with zero attached hydrogens (tertiary/aromatic N) is 1. The molecular weight excluding hydrogens is 310 g/mol. The van der Waals surface area contributed by atoms with E-state index in [9.17, 15) is 9.59 Å². The average molecular weight is 333 g/mol. The maximum atomic E-state index is 12.0. The standard InChI is InChI=1S/C18H23NO5/c1-23-15-7-6-12(8-16(15)24-14-4-2-3-5-14)13-9-17(20)19(10-13)11-18(21)22/h6-8,13-14H,2-5,9-11H2,1H3,(H,21,22)/t13-/m1/s1. The van der Waals surface area contributed by atoms with Gasteiger partial charge in [-0.1, -0.05) is 6.07 Å². The Balaban J connectivity index is 1.76. The minimum absolute atomic E-state index is 0.00585. The van der Waals surface area contributed by atoms with Crippen molar-refractivity contribution in [1.82, 2.24) is 4.90 Å². The number of carbonyl (C=O) groups is 2. The number of carboxylic acid groups (broad SMARTS) is 1. The van der Waals surface area contributed by atoms with Crippen molar-refractivity contribution in [3.8, 4) is 11.5 Å². The molecule has 0 aromatic heterocycles. The molecule has 1 aromatic rings. The quantitative estimate of drug-likeness (QED) is 0.865. The van der Waals surface area contributed by atoms with Gasteiger partial charge in [0.05, 0.1) is 13.2 Å². The van der Waals surface area contributed by atoms with Crippen molar-refractivity contribution in [2.24, 2.45) is 0 Å². The van der Waals surface area contributed by atoms with Crippen LogP contribution >= 0.6 is 0 Å². The van der Waals surface area contributed by atoms with Crippen molar-refractivity contribution < 1.29 is 24.2 Å². The van der Waals surface area contributed by atoms with Crippen LogP contribution in [0, 0.1) is 0 Å². The second kappa shape index (κ2) is 7.11. The fraction of sp³-hybridized carbons (Fsp3) is 0.556. The van der Waals surface area contributed by atoms with E-state index in [4.69, 9.17) is 14.6 Å². The van der Waals surface area contributed by atoms with Gasteiger partial charge in [0.25, 0.3) is 0 Å². The zero-order valence-corrected chi connectivity index (χ0v) is 13.9. The number of amides is 1. The largest absolute Gasteiger partial charge is 0.493 e. The van der Waals surface area contributed by atoms with E-state index in [1.54, 1.807) is 7.11 Å². The van der Waals surface area contributed by atoms with Gasteiger partial charge in [0.15, 0.2) is 11.5 Å². The average Bonchev–Trinajstić information content (AvgIpc) is 3.17. The minimum Gasteiger partial charge on any atom is -0.493 e. The molecule has 130 valence electrons. The molecule has 24 heavy (non-hydrogen) atoms. The van der Waals surface area contributed by atoms with Crippen LogP contribution in [-0.4, -0.2) is 48.2 Å². The fourth-order valence-electron chi connectivity index (χ4n) is 3.54. The van der Waals surface area contributed by atoms with Crippen LogP contribution in [0.15, 0.2) is 18.2 Å². The molecule has 1 saturated heterocycles. The first kappa shape index (κ1) is 16.6. The van der Waals surface area contributed by atoms with E-state index >= 15 is 0 Å². The summed E-state index contributed by atoms with van der Waals surface area (Å²) in [5.41, 5.74) is 0.991. The molecule has 1 aliphatic carbocycles. The molecule has 1 atom stereocenters. The Labute approximate surface area is 141 Å². The van der Waals surface area contributed by atoms with Crippen molar-refractivity contribution in [3.63, 3.8) is 0 Å². The Bertz CT molecular complexity index is 624. The van der Waals surface area contributed by atoms with Crippen LogP contribution < -0.4 is 9.47 Å². The number of methoxy groups -OCH3 is 1. The van der Waals surface area contributed by atoms with E-state index in [1.807, 2.05) is 18.2 Å². The van der Waals surface area contributed by atoms with Crippen LogP contribution in [0.4, 0.5) is 0 Å². The second-order valence-electron chi connectivity index (χ2n) is 6.50. The van der Waals surface area contributed by atoms with Crippen molar-refractivity contribution in [3.05, 3.63) is 23.8 Å². The van der Waals surface area contributed by atoms with Crippen LogP contribution in [0.25, 0.3) is 0 Å². The van der Waals surface area contributed by atoms with Gasteiger partial charge in [-0.3, -0.25) is 9.59 Å². The highest BCUT2D eigenvalue weighted by molar-refractivity contribution is 5.84. The van der Waals surface area contributed by atoms with E-state index in [-0.39, 0.29) is 24.5 Å². The number of likely N-dealkylation sites (tertiary alicyclic amines) is 1. The molecule has 0 spiro atoms. The molecule has 1 aromatic carbocycles. The monoisotopic (exact) mass is 333 g/mol. The molecular formula is C18H23NO5. The van der Waals surface area contributed by atoms with E-state index in [0.717, 1.165) is 18.4 Å². The van der Waals surface area contributed by atoms with Gasteiger partial charge in [0, 0.05) is 18.9 Å². The molecule has 0 radical (unpaired) electrons. The fourth-order valence-corrected chi connectivity index (χ4v) is 3.54. The summed E-state index contributed by atoms with van der Waals surface area (Å²) < 4.78 is 11.5. The lowest BCUT2D eigenvalue weighted by Gasteiger charge is -2.19. The van der Waals surface area contributed by atoms with Crippen molar-refractivity contribution >= 4 is 11.9 Å². The third-order valence-corrected chi connectivity index (χ3v) is 4.80. The Morgan fingerprint density at radius 3 is 2.71 bits per heavy atom. The smallest absolute Gasteiger partial charge is 0.323 e. The molecule has 6 heteroatoms. The van der Waals surface area contributed by atoms with Gasteiger partial charge in [-0.05, 0) is 43.4 Å². The van der Waals surface area contributed by atoms with E-state index < -0.39 is 5.97 Å². The molecule has 2 aliphatic rings. The molecule has 1 heterocycles. The lowest BCUT2D eigenvalue weighted by atomic mass is 9.98. The molecule has 3 rings (SSSR count). The summed E-state index contributed by atoms with van der Waals surface area (Å²) in [6, 6.07) is 5.74. The predicted octanol–water partition coefficient (Wildman–Crippen LogP) is 2.42. The topological polar surface area (TPSA) is 76.1 Å². The van der Waals surface area contributed by atoms with Gasteiger partial charge in [-0.15, -0.1) is 0 Å². The van der Waals surface area contributed by atoms with Crippen LogP contribution in [0.5, 0.6) is 11.5 Å². The highest BCUT2D eigenvalue weighted by Gasteiger charge is 2.32. The predicted molar refractivity (Wildman–Crippen MR) is 87.5 cm³/mol. The SMILES string of the molecule is COc1ccc([C@@H]2CC(=O)N(CC(=O)O)C2)cc1OC1CCCC1.